The molecule has 8 heteroatoms. The number of carbonyl (C=O) groups is 1. The van der Waals surface area contributed by atoms with Crippen molar-refractivity contribution in [3.8, 4) is 0 Å². The van der Waals surface area contributed by atoms with Gasteiger partial charge in [0.15, 0.2) is 0 Å². The van der Waals surface area contributed by atoms with E-state index in [1.165, 1.54) is 77.0 Å². The quantitative estimate of drug-likeness (QED) is 0.177. The van der Waals surface area contributed by atoms with Gasteiger partial charge in [0.05, 0.1) is 0 Å². The van der Waals surface area contributed by atoms with Crippen LogP contribution < -0.4 is 5.90 Å². The van der Waals surface area contributed by atoms with Gasteiger partial charge >= 0.3 is 45.9 Å². The zero-order valence-corrected chi connectivity index (χ0v) is 18.2. The van der Waals surface area contributed by atoms with Gasteiger partial charge in [-0.2, -0.15) is 18.6 Å². The van der Waals surface area contributed by atoms with E-state index in [0.717, 1.165) is 19.3 Å². The molecule has 0 aliphatic heterocycles. The fourth-order valence-electron chi connectivity index (χ4n) is 3.24. The molecule has 0 aliphatic rings. The summed E-state index contributed by atoms with van der Waals surface area (Å²) < 4.78 is 29.6. The monoisotopic (exact) mass is 431 g/mol. The fraction of sp³-hybridized carbons (Fsp3) is 0.950. The molecule has 0 saturated carbocycles. The Morgan fingerprint density at radius 3 is 1.61 bits per heavy atom. The molecule has 0 aliphatic carbocycles. The van der Waals surface area contributed by atoms with Crippen LogP contribution in [0.4, 0.5) is 0 Å². The summed E-state index contributed by atoms with van der Waals surface area (Å²) in [5.74, 6) is 3.78. The number of hydrogen-bond donors (Lipinski definition) is 1. The van der Waals surface area contributed by atoms with Crippen LogP contribution in [0, 0.1) is 5.92 Å². The molecule has 28 heavy (non-hydrogen) atoms. The summed E-state index contributed by atoms with van der Waals surface area (Å²) in [7, 11) is -4.39. The van der Waals surface area contributed by atoms with Gasteiger partial charge in [0.25, 0.3) is 0 Å². The molecule has 0 aromatic rings. The van der Waals surface area contributed by atoms with Crippen molar-refractivity contribution in [2.45, 2.75) is 117 Å². The van der Waals surface area contributed by atoms with Crippen LogP contribution in [0.3, 0.4) is 0 Å². The van der Waals surface area contributed by atoms with Crippen molar-refractivity contribution in [1.82, 2.24) is 0 Å². The van der Waals surface area contributed by atoms with E-state index in [2.05, 4.69) is 21.3 Å². The molecule has 0 saturated heterocycles. The third-order valence-electron chi connectivity index (χ3n) is 4.88. The molecule has 0 radical (unpaired) electrons. The van der Waals surface area contributed by atoms with Gasteiger partial charge < -0.3 is 4.18 Å². The van der Waals surface area contributed by atoms with Crippen LogP contribution in [0.2, 0.25) is 0 Å². The second-order valence-corrected chi connectivity index (χ2v) is 8.83. The summed E-state index contributed by atoms with van der Waals surface area (Å²) in [6.07, 6.45) is 19.3. The van der Waals surface area contributed by atoms with Crippen LogP contribution in [0.15, 0.2) is 0 Å². The molecule has 0 rings (SSSR count). The first-order valence-corrected chi connectivity index (χ1v) is 12.1. The summed E-state index contributed by atoms with van der Waals surface area (Å²) in [5.41, 5.74) is 0. The van der Waals surface area contributed by atoms with Crippen LogP contribution in [0.1, 0.15) is 117 Å². The molecule has 0 aromatic heterocycles. The molecule has 0 aromatic carbocycles. The number of nitrogens with two attached hydrogens (primary N) is 1. The molecule has 0 amide bonds. The van der Waals surface area contributed by atoms with Gasteiger partial charge in [0.1, 0.15) is 0 Å². The Balaban J connectivity index is 0. The Morgan fingerprint density at radius 1 is 0.821 bits per heavy atom. The van der Waals surface area contributed by atoms with Crippen molar-refractivity contribution in [1.29, 1.82) is 0 Å². The Kier molecular flexibility index (Phi) is 22.5. The molecule has 0 heterocycles. The Bertz CT molecular complexity index is 460. The summed E-state index contributed by atoms with van der Waals surface area (Å²) in [4.78, 5) is 11.4. The predicted molar refractivity (Wildman–Crippen MR) is 116 cm³/mol. The molecular weight excluding hydrogens is 389 g/mol. The van der Waals surface area contributed by atoms with Crippen LogP contribution in [-0.2, 0) is 23.7 Å². The van der Waals surface area contributed by atoms with Gasteiger partial charge in [-0.05, 0) is 5.92 Å². The van der Waals surface area contributed by atoms with E-state index in [0.29, 0.717) is 0 Å². The first-order chi connectivity index (χ1) is 12.9. The molecule has 1 unspecified atom stereocenters. The van der Waals surface area contributed by atoms with Crippen molar-refractivity contribution in [3.05, 3.63) is 0 Å². The SMILES string of the molecule is CCCCCCCCCCCCCCCCC(C)CC(=O)OS(=O)(=O)ON.[NaH]. The van der Waals surface area contributed by atoms with Crippen molar-refractivity contribution >= 4 is 45.9 Å². The minimum absolute atomic E-state index is 0. The average Bonchev–Trinajstić information content (AvgIpc) is 2.61. The van der Waals surface area contributed by atoms with Gasteiger partial charge in [-0.25, -0.2) is 0 Å². The van der Waals surface area contributed by atoms with Crippen LogP contribution in [-0.4, -0.2) is 43.9 Å². The van der Waals surface area contributed by atoms with Gasteiger partial charge in [0, 0.05) is 6.42 Å². The third-order valence-corrected chi connectivity index (χ3v) is 5.50. The normalized spacial score (nSPS) is 12.4. The van der Waals surface area contributed by atoms with Crippen molar-refractivity contribution in [2.24, 2.45) is 11.8 Å². The second kappa shape index (κ2) is 20.6. The molecule has 0 spiro atoms. The molecule has 1 atom stereocenters. The summed E-state index contributed by atoms with van der Waals surface area (Å²) >= 11 is 0. The third kappa shape index (κ3) is 21.1. The van der Waals surface area contributed by atoms with Crippen molar-refractivity contribution in [2.75, 3.05) is 0 Å². The van der Waals surface area contributed by atoms with Crippen LogP contribution in [0.25, 0.3) is 0 Å². The average molecular weight is 432 g/mol. The molecular formula is C20H42NNaO5S. The van der Waals surface area contributed by atoms with E-state index in [9.17, 15) is 13.2 Å². The summed E-state index contributed by atoms with van der Waals surface area (Å²) in [6.45, 7) is 4.17. The molecule has 6 nitrogen and oxygen atoms in total. The standard InChI is InChI=1S/C20H41NO5S.Na.H/c1-3-4-5-6-7-8-9-10-11-12-13-14-15-16-17-19(2)18-20(22)25-27(23,24)26-21;;/h19H,3-18,21H2,1-2H3;;. The molecule has 2 N–H and O–H groups in total. The number of carbonyl (C=O) groups excluding carboxylic acids is 1. The Hall–Kier alpha value is 0.340. The van der Waals surface area contributed by atoms with Crippen molar-refractivity contribution in [3.63, 3.8) is 0 Å². The number of hydrogen-bond acceptors (Lipinski definition) is 6. The summed E-state index contributed by atoms with van der Waals surface area (Å²) in [5, 5.41) is 0. The molecule has 164 valence electrons. The fourth-order valence-corrected chi connectivity index (χ4v) is 3.58. The zero-order valence-electron chi connectivity index (χ0n) is 17.4. The van der Waals surface area contributed by atoms with Gasteiger partial charge in [0.2, 0.25) is 0 Å². The topological polar surface area (TPSA) is 95.7 Å². The predicted octanol–water partition coefficient (Wildman–Crippen LogP) is 4.91. The van der Waals surface area contributed by atoms with Crippen molar-refractivity contribution < 1.29 is 21.7 Å². The minimum atomic E-state index is -4.39. The van der Waals surface area contributed by atoms with Gasteiger partial charge in [-0.15, -0.1) is 0 Å². The van der Waals surface area contributed by atoms with Gasteiger partial charge in [-0.1, -0.05) is 110 Å². The van der Waals surface area contributed by atoms with E-state index in [1.54, 1.807) is 0 Å². The van der Waals surface area contributed by atoms with Crippen LogP contribution in [0.5, 0.6) is 0 Å². The van der Waals surface area contributed by atoms with E-state index in [1.807, 2.05) is 6.92 Å². The number of unbranched alkanes of at least 4 members (excludes halogenated alkanes) is 13. The Labute approximate surface area is 195 Å². The molecule has 0 fully saturated rings. The molecule has 0 bridgehead atoms. The zero-order chi connectivity index (χ0) is 20.4. The first kappa shape index (κ1) is 30.5. The Morgan fingerprint density at radius 2 is 1.21 bits per heavy atom. The van der Waals surface area contributed by atoms with Gasteiger partial charge in [-0.3, -0.25) is 4.79 Å². The summed E-state index contributed by atoms with van der Waals surface area (Å²) in [6, 6.07) is 0. The van der Waals surface area contributed by atoms with Crippen LogP contribution >= 0.6 is 0 Å². The second-order valence-electron chi connectivity index (χ2n) is 7.65. The number of rotatable bonds is 19. The van der Waals surface area contributed by atoms with E-state index >= 15 is 0 Å². The van der Waals surface area contributed by atoms with E-state index in [4.69, 9.17) is 0 Å². The van der Waals surface area contributed by atoms with E-state index < -0.39 is 16.4 Å². The maximum absolute atomic E-state index is 11.4. The maximum atomic E-state index is 11.4. The van der Waals surface area contributed by atoms with E-state index in [-0.39, 0.29) is 41.9 Å². The first-order valence-electron chi connectivity index (χ1n) is 10.8.